The van der Waals surface area contributed by atoms with Gasteiger partial charge in [-0.15, -0.1) is 10.2 Å². The largest absolute Gasteiger partial charge is 0.481 e. The molecule has 11 nitrogen and oxygen atoms in total. The smallest absolute Gasteiger partial charge is 0.317 e. The van der Waals surface area contributed by atoms with Crippen molar-refractivity contribution >= 4 is 23.8 Å². The summed E-state index contributed by atoms with van der Waals surface area (Å²) in [7, 11) is 0. The number of carboxylic acids is 1. The molecule has 1 aromatic rings. The van der Waals surface area contributed by atoms with E-state index in [4.69, 9.17) is 4.74 Å². The Kier molecular flexibility index (Phi) is 10.6. The molecule has 9 rings (SSSR count). The second-order valence-electron chi connectivity index (χ2n) is 25.0. The molecule has 5 saturated carbocycles. The maximum atomic E-state index is 14.5. The van der Waals surface area contributed by atoms with E-state index in [0.29, 0.717) is 54.9 Å². The first-order valence-electron chi connectivity index (χ1n) is 25.1. The first-order chi connectivity index (χ1) is 29.4. The lowest BCUT2D eigenvalue weighted by Crippen LogP contribution is -2.66. The summed E-state index contributed by atoms with van der Waals surface area (Å²) in [6.45, 7) is 27.5. The standard InChI is InChI=1S/C52H79N5O6/c1-28(2)41-37(58)26-52(27-53-46(62)57-31-13-14-32(57)24-33(23-31)56-30(5)54-55-43(56)29(3)4)22-21-50(11)34(42(41)52)15-16-39-49(10)19-18-40(48(8,9)38(49)17-20-51(39,50)12)63-45(61)36-25-35(44(59)60)47(36,6)7/h28-29,31-36,38-40H,13-27H2,1-12H3,(H,53,62)(H,59,60)/t31?,32?,33?,34-,35+,36-,38+,39-,40+,49+,50-,51-,52?/m1/s1. The van der Waals surface area contributed by atoms with Crippen LogP contribution in [0.2, 0.25) is 0 Å². The number of Topliss-reactive ketones (excluding diaryl/α,β-unsaturated/α-hetero) is 1. The normalized spacial score (nSPS) is 42.3. The van der Waals surface area contributed by atoms with Crippen LogP contribution in [-0.2, 0) is 19.1 Å². The van der Waals surface area contributed by atoms with Gasteiger partial charge in [0.2, 0.25) is 0 Å². The SMILES string of the molecule is Cc1nnc(C(C)C)n1C1CC2CCC(C1)N2C(=O)NCC12CC[C@]3(C)[C@H](CC[C@@H]4[C@@]5(C)CC[C@H](OC(=O)[C@H]6C[C@@H](C(=O)O)C6(C)C)C(C)(C)[C@@H]5CC[C@]43C)C1=C(C(C)C)C(=O)C2. The van der Waals surface area contributed by atoms with Gasteiger partial charge in [-0.3, -0.25) is 14.4 Å². The number of urea groups is 1. The van der Waals surface area contributed by atoms with Crippen LogP contribution in [-0.4, -0.2) is 73.3 Å². The Morgan fingerprint density at radius 2 is 1.44 bits per heavy atom. The summed E-state index contributed by atoms with van der Waals surface area (Å²) in [5, 5.41) is 22.2. The molecule has 2 bridgehead atoms. The van der Waals surface area contributed by atoms with Crippen LogP contribution in [0.3, 0.4) is 0 Å². The molecule has 6 aliphatic carbocycles. The molecule has 1 aromatic heterocycles. The predicted octanol–water partition coefficient (Wildman–Crippen LogP) is 10.2. The zero-order chi connectivity index (χ0) is 45.6. The molecule has 2 amide bonds. The molecule has 2 N–H and O–H groups in total. The maximum absolute atomic E-state index is 14.5. The average Bonchev–Trinajstić information content (AvgIpc) is 3.82. The van der Waals surface area contributed by atoms with Crippen LogP contribution in [0.15, 0.2) is 11.1 Å². The summed E-state index contributed by atoms with van der Waals surface area (Å²) in [6, 6.07) is 0.727. The summed E-state index contributed by atoms with van der Waals surface area (Å²) >= 11 is 0. The van der Waals surface area contributed by atoms with Crippen molar-refractivity contribution in [1.29, 1.82) is 0 Å². The van der Waals surface area contributed by atoms with Crippen LogP contribution in [0.25, 0.3) is 0 Å². The number of aryl methyl sites for hydroxylation is 1. The highest BCUT2D eigenvalue weighted by Crippen LogP contribution is 2.77. The number of rotatable bonds is 8. The van der Waals surface area contributed by atoms with Crippen LogP contribution in [0.1, 0.15) is 190 Å². The number of carbonyl (C=O) groups excluding carboxylic acids is 3. The van der Waals surface area contributed by atoms with Gasteiger partial charge in [-0.25, -0.2) is 4.79 Å². The number of allylic oxidation sites excluding steroid dienone is 1. The summed E-state index contributed by atoms with van der Waals surface area (Å²) < 4.78 is 8.81. The van der Waals surface area contributed by atoms with E-state index in [9.17, 15) is 24.3 Å². The number of carboxylic acid groups (broad SMARTS) is 1. The first-order valence-corrected chi connectivity index (χ1v) is 25.1. The number of aliphatic carboxylic acids is 1. The number of esters is 1. The van der Waals surface area contributed by atoms with Gasteiger partial charge in [-0.1, -0.05) is 81.7 Å². The number of fused-ring (bicyclic) bond motifs is 9. The number of nitrogens with zero attached hydrogens (tertiary/aromatic N) is 4. The van der Waals surface area contributed by atoms with Gasteiger partial charge in [0.05, 0.1) is 11.8 Å². The summed E-state index contributed by atoms with van der Waals surface area (Å²) in [6.07, 6.45) is 12.7. The number of carbonyl (C=O) groups is 4. The number of ketones is 1. The molecule has 7 fully saturated rings. The first kappa shape index (κ1) is 44.9. The second-order valence-corrected chi connectivity index (χ2v) is 25.0. The minimum atomic E-state index is -0.827. The van der Waals surface area contributed by atoms with Gasteiger partial charge in [-0.05, 0) is 141 Å². The highest BCUT2D eigenvalue weighted by molar-refractivity contribution is 6.00. The molecule has 11 heteroatoms. The van der Waals surface area contributed by atoms with E-state index in [2.05, 4.69) is 94.2 Å². The lowest BCUT2D eigenvalue weighted by atomic mass is 9.33. The maximum Gasteiger partial charge on any atom is 0.317 e. The second kappa shape index (κ2) is 14.9. The zero-order valence-corrected chi connectivity index (χ0v) is 40.7. The van der Waals surface area contributed by atoms with E-state index < -0.39 is 17.3 Å². The average molecular weight is 870 g/mol. The van der Waals surface area contributed by atoms with E-state index in [0.717, 1.165) is 94.3 Å². The number of ether oxygens (including phenoxy) is 1. The molecule has 0 spiro atoms. The Morgan fingerprint density at radius 3 is 2.06 bits per heavy atom. The van der Waals surface area contributed by atoms with Crippen LogP contribution in [0.5, 0.6) is 0 Å². The monoisotopic (exact) mass is 870 g/mol. The molecule has 63 heavy (non-hydrogen) atoms. The van der Waals surface area contributed by atoms with Crippen LogP contribution in [0, 0.1) is 74.9 Å². The van der Waals surface area contributed by atoms with Crippen molar-refractivity contribution in [3.05, 3.63) is 22.8 Å². The Morgan fingerprint density at radius 1 is 0.762 bits per heavy atom. The molecule has 3 heterocycles. The van der Waals surface area contributed by atoms with Gasteiger partial charge in [0.1, 0.15) is 17.8 Å². The molecule has 0 aromatic carbocycles. The summed E-state index contributed by atoms with van der Waals surface area (Å²) in [5.74, 6) is 1.99. The van der Waals surface area contributed by atoms with Gasteiger partial charge in [0.15, 0.2) is 5.78 Å². The third-order valence-electron chi connectivity index (χ3n) is 20.9. The van der Waals surface area contributed by atoms with E-state index in [1.807, 2.05) is 13.8 Å². The van der Waals surface area contributed by atoms with Crippen LogP contribution in [0.4, 0.5) is 4.79 Å². The number of aromatic nitrogens is 3. The minimum Gasteiger partial charge on any atom is -0.481 e. The zero-order valence-electron chi connectivity index (χ0n) is 40.7. The quantitative estimate of drug-likeness (QED) is 0.246. The molecular weight excluding hydrogens is 791 g/mol. The highest BCUT2D eigenvalue weighted by Gasteiger charge is 2.70. The van der Waals surface area contributed by atoms with E-state index in [1.165, 1.54) is 5.57 Å². The molecule has 2 aliphatic heterocycles. The molecule has 0 radical (unpaired) electrons. The fraction of sp³-hybridized carbons (Fsp3) is 0.846. The van der Waals surface area contributed by atoms with Crippen molar-refractivity contribution in [2.75, 3.05) is 6.54 Å². The van der Waals surface area contributed by atoms with Crippen molar-refractivity contribution in [2.45, 2.75) is 203 Å². The summed E-state index contributed by atoms with van der Waals surface area (Å²) in [4.78, 5) is 56.5. The molecule has 12 atom stereocenters. The molecular formula is C52H79N5O6. The number of nitrogens with one attached hydrogen (secondary N) is 1. The molecule has 8 aliphatic rings. The lowest BCUT2D eigenvalue weighted by Gasteiger charge is -2.72. The fourth-order valence-electron chi connectivity index (χ4n) is 17.4. The van der Waals surface area contributed by atoms with E-state index >= 15 is 0 Å². The van der Waals surface area contributed by atoms with Gasteiger partial charge in [0, 0.05) is 47.8 Å². The van der Waals surface area contributed by atoms with Crippen molar-refractivity contribution in [2.24, 2.45) is 68.0 Å². The Labute approximate surface area is 377 Å². The molecule has 348 valence electrons. The van der Waals surface area contributed by atoms with Crippen molar-refractivity contribution in [1.82, 2.24) is 25.0 Å². The van der Waals surface area contributed by atoms with Gasteiger partial charge in [-0.2, -0.15) is 0 Å². The minimum absolute atomic E-state index is 0.0115. The van der Waals surface area contributed by atoms with E-state index in [-0.39, 0.29) is 69.1 Å². The van der Waals surface area contributed by atoms with Crippen molar-refractivity contribution in [3.8, 4) is 0 Å². The Balaban J connectivity index is 0.926. The predicted molar refractivity (Wildman–Crippen MR) is 241 cm³/mol. The van der Waals surface area contributed by atoms with Crippen molar-refractivity contribution in [3.63, 3.8) is 0 Å². The number of hydrogen-bond acceptors (Lipinski definition) is 7. The molecule has 3 unspecified atom stereocenters. The Hall–Kier alpha value is -3.24. The topological polar surface area (TPSA) is 144 Å². The third kappa shape index (κ3) is 6.34. The number of amides is 2. The Bertz CT molecular complexity index is 2090. The number of piperidine rings is 1. The van der Waals surface area contributed by atoms with Gasteiger partial charge in [0.25, 0.3) is 0 Å². The van der Waals surface area contributed by atoms with Crippen molar-refractivity contribution < 1.29 is 29.0 Å². The molecule has 2 saturated heterocycles. The van der Waals surface area contributed by atoms with E-state index in [1.54, 1.807) is 0 Å². The van der Waals surface area contributed by atoms with Gasteiger partial charge < -0.3 is 24.6 Å². The lowest BCUT2D eigenvalue weighted by molar-refractivity contribution is -0.236. The number of hydrogen-bond donors (Lipinski definition) is 2. The fourth-order valence-corrected chi connectivity index (χ4v) is 17.4. The van der Waals surface area contributed by atoms with Crippen LogP contribution >= 0.6 is 0 Å². The van der Waals surface area contributed by atoms with Gasteiger partial charge >= 0.3 is 18.0 Å². The van der Waals surface area contributed by atoms with Crippen LogP contribution < -0.4 is 5.32 Å². The highest BCUT2D eigenvalue weighted by atomic mass is 16.5. The summed E-state index contributed by atoms with van der Waals surface area (Å²) in [5.41, 5.74) is 1.45. The third-order valence-corrected chi connectivity index (χ3v) is 20.9.